The molecule has 2 fully saturated rings. The van der Waals surface area contributed by atoms with Gasteiger partial charge in [-0.15, -0.1) is 0 Å². The Morgan fingerprint density at radius 2 is 1.88 bits per heavy atom. The van der Waals surface area contributed by atoms with Gasteiger partial charge in [0.05, 0.1) is 6.10 Å². The van der Waals surface area contributed by atoms with Crippen LogP contribution in [0.1, 0.15) is 45.4 Å². The molecule has 1 aliphatic carbocycles. The van der Waals surface area contributed by atoms with E-state index in [1.165, 1.54) is 25.7 Å². The van der Waals surface area contributed by atoms with Crippen LogP contribution in [-0.4, -0.2) is 41.3 Å². The molecular formula is C13H26N2O. The Balaban J connectivity index is 1.94. The second kappa shape index (κ2) is 5.48. The second-order valence-electron chi connectivity index (χ2n) is 5.70. The molecule has 4 unspecified atom stereocenters. The van der Waals surface area contributed by atoms with Gasteiger partial charge in [0.1, 0.15) is 0 Å². The van der Waals surface area contributed by atoms with Gasteiger partial charge in [0, 0.05) is 18.6 Å². The minimum absolute atomic E-state index is 0.122. The third kappa shape index (κ3) is 2.76. The second-order valence-corrected chi connectivity index (χ2v) is 5.70. The van der Waals surface area contributed by atoms with Gasteiger partial charge in [-0.3, -0.25) is 4.90 Å². The quantitative estimate of drug-likeness (QED) is 0.664. The molecule has 1 heterocycles. The van der Waals surface area contributed by atoms with E-state index in [4.69, 9.17) is 5.73 Å². The van der Waals surface area contributed by atoms with Gasteiger partial charge in [-0.2, -0.15) is 0 Å². The number of hydrogen-bond donors (Lipinski definition) is 2. The molecule has 2 aliphatic rings. The van der Waals surface area contributed by atoms with Gasteiger partial charge < -0.3 is 10.8 Å². The number of likely N-dealkylation sites (tertiary alicyclic amines) is 1. The molecule has 0 amide bonds. The molecule has 0 aromatic carbocycles. The minimum Gasteiger partial charge on any atom is -0.391 e. The summed E-state index contributed by atoms with van der Waals surface area (Å²) in [7, 11) is 0. The molecule has 1 saturated heterocycles. The van der Waals surface area contributed by atoms with Gasteiger partial charge in [-0.25, -0.2) is 0 Å². The lowest BCUT2D eigenvalue weighted by atomic mass is 9.91. The van der Waals surface area contributed by atoms with Crippen molar-refractivity contribution in [3.8, 4) is 0 Å². The van der Waals surface area contributed by atoms with Crippen LogP contribution in [0.4, 0.5) is 0 Å². The maximum Gasteiger partial charge on any atom is 0.0695 e. The Morgan fingerprint density at radius 3 is 2.62 bits per heavy atom. The summed E-state index contributed by atoms with van der Waals surface area (Å²) in [6.07, 6.45) is 6.93. The first-order valence-corrected chi connectivity index (χ1v) is 6.86. The summed E-state index contributed by atoms with van der Waals surface area (Å²) in [5.41, 5.74) is 6.14. The highest BCUT2D eigenvalue weighted by Crippen LogP contribution is 2.26. The summed E-state index contributed by atoms with van der Waals surface area (Å²) in [5, 5.41) is 10.2. The molecule has 4 atom stereocenters. The van der Waals surface area contributed by atoms with Gasteiger partial charge in [-0.1, -0.05) is 26.2 Å². The van der Waals surface area contributed by atoms with Gasteiger partial charge >= 0.3 is 0 Å². The highest BCUT2D eigenvalue weighted by molar-refractivity contribution is 4.88. The van der Waals surface area contributed by atoms with E-state index in [-0.39, 0.29) is 6.10 Å². The predicted molar refractivity (Wildman–Crippen MR) is 66.2 cm³/mol. The monoisotopic (exact) mass is 226 g/mol. The summed E-state index contributed by atoms with van der Waals surface area (Å²) in [4.78, 5) is 2.45. The summed E-state index contributed by atoms with van der Waals surface area (Å²) >= 11 is 0. The number of aliphatic hydroxyl groups is 1. The molecule has 3 heteroatoms. The fourth-order valence-electron chi connectivity index (χ4n) is 3.12. The van der Waals surface area contributed by atoms with Gasteiger partial charge in [0.25, 0.3) is 0 Å². The third-order valence-corrected chi connectivity index (χ3v) is 4.46. The molecule has 3 nitrogen and oxygen atoms in total. The molecule has 0 bridgehead atoms. The van der Waals surface area contributed by atoms with E-state index in [1.807, 2.05) is 0 Å². The molecule has 0 aromatic heterocycles. The average molecular weight is 226 g/mol. The SMILES string of the molecule is CC1CCN(C2CCCCCC2O)CC1N. The van der Waals surface area contributed by atoms with Crippen LogP contribution in [0.25, 0.3) is 0 Å². The van der Waals surface area contributed by atoms with E-state index in [1.54, 1.807) is 0 Å². The Bertz CT molecular complexity index is 222. The van der Waals surface area contributed by atoms with Crippen LogP contribution in [0.3, 0.4) is 0 Å². The van der Waals surface area contributed by atoms with E-state index in [0.717, 1.165) is 25.9 Å². The fourth-order valence-corrected chi connectivity index (χ4v) is 3.12. The van der Waals surface area contributed by atoms with Gasteiger partial charge in [0.15, 0.2) is 0 Å². The van der Waals surface area contributed by atoms with E-state index in [2.05, 4.69) is 11.8 Å². The van der Waals surface area contributed by atoms with Crippen LogP contribution >= 0.6 is 0 Å². The van der Waals surface area contributed by atoms with E-state index in [0.29, 0.717) is 18.0 Å². The van der Waals surface area contributed by atoms with Crippen LogP contribution < -0.4 is 5.73 Å². The van der Waals surface area contributed by atoms with Crippen molar-refractivity contribution in [3.05, 3.63) is 0 Å². The molecule has 2 rings (SSSR count). The zero-order valence-electron chi connectivity index (χ0n) is 10.4. The first-order chi connectivity index (χ1) is 7.68. The normalized spacial score (nSPS) is 42.9. The van der Waals surface area contributed by atoms with Crippen molar-refractivity contribution in [2.45, 2.75) is 63.6 Å². The highest BCUT2D eigenvalue weighted by atomic mass is 16.3. The number of nitrogens with zero attached hydrogens (tertiary/aromatic N) is 1. The number of rotatable bonds is 1. The average Bonchev–Trinajstić information content (AvgIpc) is 2.47. The zero-order chi connectivity index (χ0) is 11.5. The van der Waals surface area contributed by atoms with Gasteiger partial charge in [0.2, 0.25) is 0 Å². The lowest BCUT2D eigenvalue weighted by Gasteiger charge is -2.41. The first kappa shape index (κ1) is 12.3. The summed E-state index contributed by atoms with van der Waals surface area (Å²) in [5.74, 6) is 0.638. The topological polar surface area (TPSA) is 49.5 Å². The van der Waals surface area contributed by atoms with Crippen molar-refractivity contribution in [1.82, 2.24) is 4.90 Å². The van der Waals surface area contributed by atoms with Crippen molar-refractivity contribution in [1.29, 1.82) is 0 Å². The molecule has 94 valence electrons. The minimum atomic E-state index is -0.122. The summed E-state index contributed by atoms with van der Waals surface area (Å²) in [6, 6.07) is 0.672. The molecule has 3 N–H and O–H groups in total. The summed E-state index contributed by atoms with van der Waals surface area (Å²) < 4.78 is 0. The Kier molecular flexibility index (Phi) is 4.22. The standard InChI is InChI=1S/C13H26N2O/c1-10-7-8-15(9-11(10)14)12-5-3-2-4-6-13(12)16/h10-13,16H,2-9,14H2,1H3. The smallest absolute Gasteiger partial charge is 0.0695 e. The number of aliphatic hydroxyl groups excluding tert-OH is 1. The van der Waals surface area contributed by atoms with Gasteiger partial charge in [-0.05, 0) is 31.7 Å². The number of piperidine rings is 1. The Morgan fingerprint density at radius 1 is 1.12 bits per heavy atom. The lowest BCUT2D eigenvalue weighted by molar-refractivity contribution is 0.0210. The van der Waals surface area contributed by atoms with Crippen molar-refractivity contribution in [2.24, 2.45) is 11.7 Å². The fraction of sp³-hybridized carbons (Fsp3) is 1.00. The van der Waals surface area contributed by atoms with E-state index in [9.17, 15) is 5.11 Å². The Hall–Kier alpha value is -0.120. The van der Waals surface area contributed by atoms with Crippen molar-refractivity contribution in [3.63, 3.8) is 0 Å². The largest absolute Gasteiger partial charge is 0.391 e. The Labute approximate surface area is 99.0 Å². The number of hydrogen-bond acceptors (Lipinski definition) is 3. The van der Waals surface area contributed by atoms with Crippen LogP contribution in [0, 0.1) is 5.92 Å². The maximum absolute atomic E-state index is 10.2. The third-order valence-electron chi connectivity index (χ3n) is 4.46. The summed E-state index contributed by atoms with van der Waals surface area (Å²) in [6.45, 7) is 4.34. The molecule has 1 saturated carbocycles. The van der Waals surface area contributed by atoms with Crippen molar-refractivity contribution in [2.75, 3.05) is 13.1 Å². The van der Waals surface area contributed by atoms with Crippen LogP contribution in [-0.2, 0) is 0 Å². The number of nitrogens with two attached hydrogens (primary N) is 1. The van der Waals surface area contributed by atoms with Crippen molar-refractivity contribution < 1.29 is 5.11 Å². The molecule has 1 aliphatic heterocycles. The van der Waals surface area contributed by atoms with Crippen molar-refractivity contribution >= 4 is 0 Å². The molecular weight excluding hydrogens is 200 g/mol. The van der Waals surface area contributed by atoms with E-state index < -0.39 is 0 Å². The molecule has 0 aromatic rings. The molecule has 0 radical (unpaired) electrons. The molecule has 16 heavy (non-hydrogen) atoms. The van der Waals surface area contributed by atoms with E-state index >= 15 is 0 Å². The highest BCUT2D eigenvalue weighted by Gasteiger charge is 2.32. The lowest BCUT2D eigenvalue weighted by Crippen LogP contribution is -2.54. The zero-order valence-corrected chi connectivity index (χ0v) is 10.4. The van der Waals surface area contributed by atoms with Crippen LogP contribution in [0.15, 0.2) is 0 Å². The predicted octanol–water partition coefficient (Wildman–Crippen LogP) is 1.35. The first-order valence-electron chi connectivity index (χ1n) is 6.86. The molecule has 0 spiro atoms. The van der Waals surface area contributed by atoms with Crippen LogP contribution in [0.2, 0.25) is 0 Å². The van der Waals surface area contributed by atoms with Crippen LogP contribution in [0.5, 0.6) is 0 Å². The maximum atomic E-state index is 10.2.